The van der Waals surface area contributed by atoms with Crippen molar-refractivity contribution in [2.24, 2.45) is 0 Å². The van der Waals surface area contributed by atoms with E-state index < -0.39 is 0 Å². The van der Waals surface area contributed by atoms with E-state index in [1.807, 2.05) is 48.5 Å². The summed E-state index contributed by atoms with van der Waals surface area (Å²) >= 11 is 5.58. The SMILES string of the molecule is COc1cccc(COc2ccccc2C#CCCl)c1. The van der Waals surface area contributed by atoms with Crippen molar-refractivity contribution in [1.82, 2.24) is 0 Å². The topological polar surface area (TPSA) is 18.5 Å². The maximum atomic E-state index is 5.82. The molecule has 102 valence electrons. The summed E-state index contributed by atoms with van der Waals surface area (Å²) in [6.07, 6.45) is 0. The molecular formula is C17H15ClO2. The standard InChI is InChI=1S/C17H15ClO2/c1-19-16-9-4-6-14(12-16)13-20-17-10-3-2-7-15(17)8-5-11-18/h2-4,6-7,9-10,12H,11,13H2,1H3. The third-order valence-corrected chi connectivity index (χ3v) is 2.84. The molecule has 0 heterocycles. The molecular weight excluding hydrogens is 272 g/mol. The normalized spacial score (nSPS) is 9.50. The third kappa shape index (κ3) is 3.94. The van der Waals surface area contributed by atoms with E-state index in [1.54, 1.807) is 7.11 Å². The van der Waals surface area contributed by atoms with Gasteiger partial charge in [-0.1, -0.05) is 36.1 Å². The van der Waals surface area contributed by atoms with Gasteiger partial charge in [0.25, 0.3) is 0 Å². The number of halogens is 1. The molecule has 0 unspecified atom stereocenters. The van der Waals surface area contributed by atoms with Gasteiger partial charge in [0.05, 0.1) is 18.6 Å². The quantitative estimate of drug-likeness (QED) is 0.627. The number of ether oxygens (including phenoxy) is 2. The van der Waals surface area contributed by atoms with E-state index in [1.165, 1.54) is 0 Å². The zero-order valence-corrected chi connectivity index (χ0v) is 12.0. The lowest BCUT2D eigenvalue weighted by Gasteiger charge is -2.09. The Morgan fingerprint density at radius 3 is 2.75 bits per heavy atom. The number of hydrogen-bond acceptors (Lipinski definition) is 2. The molecule has 3 heteroatoms. The molecule has 0 amide bonds. The molecule has 0 spiro atoms. The fourth-order valence-corrected chi connectivity index (χ4v) is 1.81. The first-order chi connectivity index (χ1) is 9.83. The lowest BCUT2D eigenvalue weighted by atomic mass is 10.2. The molecule has 0 aromatic heterocycles. The number of hydrogen-bond donors (Lipinski definition) is 0. The van der Waals surface area contributed by atoms with Crippen LogP contribution in [0.1, 0.15) is 11.1 Å². The Morgan fingerprint density at radius 2 is 1.95 bits per heavy atom. The Kier molecular flexibility index (Phi) is 5.34. The van der Waals surface area contributed by atoms with Crippen molar-refractivity contribution >= 4 is 11.6 Å². The monoisotopic (exact) mass is 286 g/mol. The number of alkyl halides is 1. The van der Waals surface area contributed by atoms with Crippen LogP contribution < -0.4 is 9.47 Å². The Labute approximate surface area is 124 Å². The average Bonchev–Trinajstić information content (AvgIpc) is 2.52. The molecule has 0 aliphatic heterocycles. The molecule has 0 bridgehead atoms. The molecule has 0 radical (unpaired) electrons. The summed E-state index contributed by atoms with van der Waals surface area (Å²) in [4.78, 5) is 0. The van der Waals surface area contributed by atoms with Gasteiger partial charge in [0.15, 0.2) is 0 Å². The van der Waals surface area contributed by atoms with E-state index in [2.05, 4.69) is 11.8 Å². The van der Waals surface area contributed by atoms with Crippen molar-refractivity contribution in [1.29, 1.82) is 0 Å². The van der Waals surface area contributed by atoms with Crippen LogP contribution in [0.3, 0.4) is 0 Å². The van der Waals surface area contributed by atoms with Crippen LogP contribution in [0.15, 0.2) is 48.5 Å². The maximum absolute atomic E-state index is 5.82. The van der Waals surface area contributed by atoms with Crippen LogP contribution in [-0.4, -0.2) is 13.0 Å². The van der Waals surface area contributed by atoms with Gasteiger partial charge in [-0.3, -0.25) is 0 Å². The van der Waals surface area contributed by atoms with Crippen molar-refractivity contribution in [3.05, 3.63) is 59.7 Å². The third-order valence-electron chi connectivity index (χ3n) is 2.71. The number of methoxy groups -OCH3 is 1. The highest BCUT2D eigenvalue weighted by atomic mass is 35.5. The fraction of sp³-hybridized carbons (Fsp3) is 0.176. The van der Waals surface area contributed by atoms with Crippen LogP contribution in [0, 0.1) is 11.8 Å². The summed E-state index contributed by atoms with van der Waals surface area (Å²) in [7, 11) is 1.65. The second kappa shape index (κ2) is 7.47. The molecule has 0 aliphatic rings. The molecule has 2 aromatic rings. The van der Waals surface area contributed by atoms with Gasteiger partial charge in [0.1, 0.15) is 18.1 Å². The molecule has 0 fully saturated rings. The molecule has 20 heavy (non-hydrogen) atoms. The summed E-state index contributed by atoms with van der Waals surface area (Å²) in [5, 5.41) is 0. The van der Waals surface area contributed by atoms with E-state index in [4.69, 9.17) is 21.1 Å². The molecule has 0 aliphatic carbocycles. The molecule has 2 nitrogen and oxygen atoms in total. The number of para-hydroxylation sites is 1. The second-order valence-electron chi connectivity index (χ2n) is 4.07. The van der Waals surface area contributed by atoms with Gasteiger partial charge >= 0.3 is 0 Å². The summed E-state index contributed by atoms with van der Waals surface area (Å²) in [6.45, 7) is 0.469. The Bertz CT molecular complexity index is 626. The predicted molar refractivity (Wildman–Crippen MR) is 81.4 cm³/mol. The largest absolute Gasteiger partial charge is 0.497 e. The van der Waals surface area contributed by atoms with Crippen LogP contribution in [0.4, 0.5) is 0 Å². The minimum absolute atomic E-state index is 0.310. The van der Waals surface area contributed by atoms with Crippen LogP contribution in [0.2, 0.25) is 0 Å². The molecule has 2 rings (SSSR count). The first-order valence-electron chi connectivity index (χ1n) is 6.23. The lowest BCUT2D eigenvalue weighted by Crippen LogP contribution is -1.97. The number of rotatable bonds is 4. The fourth-order valence-electron chi connectivity index (χ4n) is 1.75. The molecule has 2 aromatic carbocycles. The molecule has 0 saturated heterocycles. The highest BCUT2D eigenvalue weighted by Crippen LogP contribution is 2.19. The Balaban J connectivity index is 2.10. The van der Waals surface area contributed by atoms with Crippen LogP contribution in [0.5, 0.6) is 11.5 Å². The highest BCUT2D eigenvalue weighted by molar-refractivity contribution is 6.19. The van der Waals surface area contributed by atoms with Crippen LogP contribution in [-0.2, 0) is 6.61 Å². The van der Waals surface area contributed by atoms with Crippen molar-refractivity contribution in [3.63, 3.8) is 0 Å². The minimum Gasteiger partial charge on any atom is -0.497 e. The molecule has 0 N–H and O–H groups in total. The van der Waals surface area contributed by atoms with E-state index in [0.717, 1.165) is 22.6 Å². The zero-order valence-electron chi connectivity index (χ0n) is 11.2. The van der Waals surface area contributed by atoms with Gasteiger partial charge in [0, 0.05) is 0 Å². The second-order valence-corrected chi connectivity index (χ2v) is 4.34. The van der Waals surface area contributed by atoms with Crippen molar-refractivity contribution in [2.45, 2.75) is 6.61 Å². The van der Waals surface area contributed by atoms with Crippen LogP contribution in [0.25, 0.3) is 0 Å². The molecule has 0 atom stereocenters. The summed E-state index contributed by atoms with van der Waals surface area (Å²) in [5.41, 5.74) is 1.89. The lowest BCUT2D eigenvalue weighted by molar-refractivity contribution is 0.304. The van der Waals surface area contributed by atoms with E-state index >= 15 is 0 Å². The predicted octanol–water partition coefficient (Wildman–Crippen LogP) is 3.86. The van der Waals surface area contributed by atoms with E-state index in [-0.39, 0.29) is 0 Å². The van der Waals surface area contributed by atoms with Gasteiger partial charge in [-0.25, -0.2) is 0 Å². The summed E-state index contributed by atoms with van der Waals surface area (Å²) in [6, 6.07) is 15.5. The number of benzene rings is 2. The van der Waals surface area contributed by atoms with E-state index in [0.29, 0.717) is 12.5 Å². The molecule has 0 saturated carbocycles. The maximum Gasteiger partial charge on any atom is 0.135 e. The Morgan fingerprint density at radius 1 is 1.10 bits per heavy atom. The van der Waals surface area contributed by atoms with Gasteiger partial charge in [-0.15, -0.1) is 11.6 Å². The van der Waals surface area contributed by atoms with Crippen molar-refractivity contribution in [2.75, 3.05) is 13.0 Å². The van der Waals surface area contributed by atoms with Gasteiger partial charge in [0.2, 0.25) is 0 Å². The van der Waals surface area contributed by atoms with Gasteiger partial charge in [-0.2, -0.15) is 0 Å². The first kappa shape index (κ1) is 14.3. The Hall–Kier alpha value is -2.11. The summed E-state index contributed by atoms with van der Waals surface area (Å²) in [5.74, 6) is 7.71. The smallest absolute Gasteiger partial charge is 0.135 e. The van der Waals surface area contributed by atoms with Crippen molar-refractivity contribution < 1.29 is 9.47 Å². The van der Waals surface area contributed by atoms with E-state index in [9.17, 15) is 0 Å². The zero-order chi connectivity index (χ0) is 14.2. The first-order valence-corrected chi connectivity index (χ1v) is 6.76. The summed E-state index contributed by atoms with van der Waals surface area (Å²) < 4.78 is 11.0. The van der Waals surface area contributed by atoms with Gasteiger partial charge < -0.3 is 9.47 Å². The van der Waals surface area contributed by atoms with Crippen LogP contribution >= 0.6 is 11.6 Å². The minimum atomic E-state index is 0.310. The van der Waals surface area contributed by atoms with Gasteiger partial charge in [-0.05, 0) is 29.8 Å². The highest BCUT2D eigenvalue weighted by Gasteiger charge is 2.02. The average molecular weight is 287 g/mol. The van der Waals surface area contributed by atoms with Crippen molar-refractivity contribution in [3.8, 4) is 23.3 Å².